The van der Waals surface area contributed by atoms with Crippen molar-refractivity contribution < 1.29 is 28.4 Å². The monoisotopic (exact) mass is 568 g/mol. The molecule has 1 aliphatic heterocycles. The third-order valence-electron chi connectivity index (χ3n) is 7.48. The van der Waals surface area contributed by atoms with Crippen LogP contribution in [0.15, 0.2) is 97.1 Å². The van der Waals surface area contributed by atoms with Crippen molar-refractivity contribution in [3.05, 3.63) is 119 Å². The Hall–Kier alpha value is -4.00. The Balaban J connectivity index is 1.23. The Labute approximate surface area is 249 Å². The van der Waals surface area contributed by atoms with Gasteiger partial charge in [0.25, 0.3) is 0 Å². The maximum Gasteiger partial charge on any atom is 0.161 e. The highest BCUT2D eigenvalue weighted by Crippen LogP contribution is 2.35. The minimum absolute atomic E-state index is 0.227. The van der Waals surface area contributed by atoms with Gasteiger partial charge in [0.2, 0.25) is 0 Å². The van der Waals surface area contributed by atoms with E-state index in [1.807, 2.05) is 24.3 Å². The molecule has 1 aliphatic rings. The van der Waals surface area contributed by atoms with Crippen molar-refractivity contribution in [2.45, 2.75) is 25.7 Å². The van der Waals surface area contributed by atoms with E-state index in [9.17, 15) is 0 Å². The maximum absolute atomic E-state index is 6.14. The molecule has 0 fully saturated rings. The molecule has 2 unspecified atom stereocenters. The van der Waals surface area contributed by atoms with E-state index in [0.717, 1.165) is 11.1 Å². The second-order valence-corrected chi connectivity index (χ2v) is 10.3. The van der Waals surface area contributed by atoms with Crippen LogP contribution in [0.3, 0.4) is 0 Å². The van der Waals surface area contributed by atoms with Gasteiger partial charge in [-0.15, -0.1) is 0 Å². The Morgan fingerprint density at radius 1 is 0.381 bits per heavy atom. The second kappa shape index (κ2) is 15.3. The molecule has 2 atom stereocenters. The lowest BCUT2D eigenvalue weighted by molar-refractivity contribution is 0.0639. The first-order valence-electron chi connectivity index (χ1n) is 14.7. The molecule has 0 radical (unpaired) electrons. The molecule has 0 aromatic heterocycles. The summed E-state index contributed by atoms with van der Waals surface area (Å²) in [4.78, 5) is 0. The topological polar surface area (TPSA) is 55.4 Å². The molecule has 0 saturated heterocycles. The summed E-state index contributed by atoms with van der Waals surface area (Å²) in [5.74, 6) is 3.24. The fourth-order valence-corrected chi connectivity index (χ4v) is 4.97. The predicted molar refractivity (Wildman–Crippen MR) is 164 cm³/mol. The fraction of sp³-hybridized carbons (Fsp3) is 0.333. The summed E-state index contributed by atoms with van der Waals surface area (Å²) in [6, 6.07) is 33.2. The molecule has 5 rings (SSSR count). The second-order valence-electron chi connectivity index (χ2n) is 10.3. The summed E-state index contributed by atoms with van der Waals surface area (Å²) in [5.41, 5.74) is 4.82. The molecule has 0 spiro atoms. The van der Waals surface area contributed by atoms with Gasteiger partial charge in [-0.05, 0) is 46.5 Å². The summed E-state index contributed by atoms with van der Waals surface area (Å²) < 4.78 is 36.0. The van der Waals surface area contributed by atoms with Gasteiger partial charge in [-0.25, -0.2) is 0 Å². The summed E-state index contributed by atoms with van der Waals surface area (Å²) in [6.45, 7) is 7.72. The summed E-state index contributed by atoms with van der Waals surface area (Å²) >= 11 is 0. The number of hydrogen-bond donors (Lipinski definition) is 0. The van der Waals surface area contributed by atoms with Crippen LogP contribution in [-0.4, -0.2) is 52.9 Å². The number of fused-ring (bicyclic) bond motifs is 2. The van der Waals surface area contributed by atoms with Crippen molar-refractivity contribution in [1.29, 1.82) is 0 Å². The van der Waals surface area contributed by atoms with Gasteiger partial charge in [0.1, 0.15) is 26.4 Å². The van der Waals surface area contributed by atoms with Crippen LogP contribution >= 0.6 is 0 Å². The van der Waals surface area contributed by atoms with Crippen molar-refractivity contribution in [3.63, 3.8) is 0 Å². The number of rotatable bonds is 4. The highest BCUT2D eigenvalue weighted by molar-refractivity contribution is 5.47. The summed E-state index contributed by atoms with van der Waals surface area (Å²) in [5, 5.41) is 0. The maximum atomic E-state index is 6.14. The molecule has 220 valence electrons. The average molecular weight is 569 g/mol. The normalized spacial score (nSPS) is 16.4. The Morgan fingerprint density at radius 2 is 0.738 bits per heavy atom. The lowest BCUT2D eigenvalue weighted by Gasteiger charge is -2.19. The van der Waals surface area contributed by atoms with E-state index in [1.54, 1.807) is 0 Å². The molecule has 42 heavy (non-hydrogen) atoms. The van der Waals surface area contributed by atoms with Crippen molar-refractivity contribution in [2.24, 2.45) is 0 Å². The number of benzene rings is 4. The lowest BCUT2D eigenvalue weighted by atomic mass is 9.93. The first-order valence-corrected chi connectivity index (χ1v) is 14.7. The van der Waals surface area contributed by atoms with Crippen LogP contribution in [-0.2, 0) is 9.47 Å². The quantitative estimate of drug-likeness (QED) is 0.258. The minimum Gasteiger partial charge on any atom is -0.487 e. The van der Waals surface area contributed by atoms with Crippen molar-refractivity contribution in [3.8, 4) is 23.0 Å². The molecular formula is C36H40O6. The van der Waals surface area contributed by atoms with Crippen molar-refractivity contribution in [1.82, 2.24) is 0 Å². The molecule has 0 aliphatic carbocycles. The number of hydrogen-bond acceptors (Lipinski definition) is 6. The van der Waals surface area contributed by atoms with Crippen LogP contribution in [0, 0.1) is 0 Å². The van der Waals surface area contributed by atoms with Crippen molar-refractivity contribution >= 4 is 0 Å². The van der Waals surface area contributed by atoms with Crippen LogP contribution in [0.2, 0.25) is 0 Å². The summed E-state index contributed by atoms with van der Waals surface area (Å²) in [6.07, 6.45) is 0. The zero-order chi connectivity index (χ0) is 29.0. The molecule has 1 heterocycles. The van der Waals surface area contributed by atoms with Gasteiger partial charge in [-0.2, -0.15) is 0 Å². The molecule has 6 heteroatoms. The highest BCUT2D eigenvalue weighted by atomic mass is 16.6. The van der Waals surface area contributed by atoms with E-state index < -0.39 is 0 Å². The Kier molecular flexibility index (Phi) is 10.7. The van der Waals surface area contributed by atoms with Crippen LogP contribution in [0.1, 0.15) is 47.9 Å². The smallest absolute Gasteiger partial charge is 0.161 e. The van der Waals surface area contributed by atoms with Crippen LogP contribution in [0.5, 0.6) is 23.0 Å². The van der Waals surface area contributed by atoms with E-state index in [2.05, 4.69) is 86.6 Å². The predicted octanol–water partition coefficient (Wildman–Crippen LogP) is 7.25. The Bertz CT molecular complexity index is 1270. The van der Waals surface area contributed by atoms with Crippen LogP contribution < -0.4 is 18.9 Å². The van der Waals surface area contributed by atoms with Crippen molar-refractivity contribution in [2.75, 3.05) is 52.9 Å². The highest BCUT2D eigenvalue weighted by Gasteiger charge is 2.15. The van der Waals surface area contributed by atoms with Gasteiger partial charge >= 0.3 is 0 Å². The molecule has 0 bridgehead atoms. The van der Waals surface area contributed by atoms with Gasteiger partial charge in [-0.1, -0.05) is 86.6 Å². The third-order valence-corrected chi connectivity index (χ3v) is 7.48. The molecule has 0 saturated carbocycles. The average Bonchev–Trinajstić information content (AvgIpc) is 3.04. The van der Waals surface area contributed by atoms with Crippen LogP contribution in [0.4, 0.5) is 0 Å². The van der Waals surface area contributed by atoms with Crippen LogP contribution in [0.25, 0.3) is 0 Å². The molecular weight excluding hydrogens is 528 g/mol. The molecule has 0 N–H and O–H groups in total. The minimum atomic E-state index is 0.227. The standard InChI is InChI=1S/C36H40O6/c1-27(29-9-5-3-6-10-29)31-13-15-33-35(25-31)41-23-19-37-18-22-40-34-16-14-32(28(2)30-11-7-4-8-12-30)26-36(34)42-24-20-38-17-21-39-33/h3-16,25-28H,17-24H2,1-2H3. The molecule has 0 amide bonds. The molecule has 6 nitrogen and oxygen atoms in total. The van der Waals surface area contributed by atoms with Gasteiger partial charge in [0, 0.05) is 11.8 Å². The van der Waals surface area contributed by atoms with Gasteiger partial charge in [0.15, 0.2) is 23.0 Å². The first-order chi connectivity index (χ1) is 20.7. The zero-order valence-electron chi connectivity index (χ0n) is 24.5. The first kappa shape index (κ1) is 29.5. The lowest BCUT2D eigenvalue weighted by Crippen LogP contribution is -2.15. The third kappa shape index (κ3) is 8.05. The summed E-state index contributed by atoms with van der Waals surface area (Å²) in [7, 11) is 0. The largest absolute Gasteiger partial charge is 0.487 e. The van der Waals surface area contributed by atoms with Gasteiger partial charge in [-0.3, -0.25) is 0 Å². The van der Waals surface area contributed by atoms with E-state index >= 15 is 0 Å². The SMILES string of the molecule is CC(c1ccccc1)c1ccc2c(c1)OCCOCCOc1ccc(C(C)c3ccccc3)cc1OCCOCCO2. The van der Waals surface area contributed by atoms with E-state index in [-0.39, 0.29) is 11.8 Å². The molecule has 4 aromatic carbocycles. The zero-order valence-corrected chi connectivity index (χ0v) is 24.5. The van der Waals surface area contributed by atoms with E-state index in [1.165, 1.54) is 11.1 Å². The fourth-order valence-electron chi connectivity index (χ4n) is 4.97. The molecule has 4 aromatic rings. The number of ether oxygens (including phenoxy) is 6. The Morgan fingerprint density at radius 3 is 1.12 bits per heavy atom. The van der Waals surface area contributed by atoms with E-state index in [4.69, 9.17) is 28.4 Å². The van der Waals surface area contributed by atoms with E-state index in [0.29, 0.717) is 75.9 Å². The van der Waals surface area contributed by atoms with Gasteiger partial charge < -0.3 is 28.4 Å². The van der Waals surface area contributed by atoms with Gasteiger partial charge in [0.05, 0.1) is 26.4 Å².